The van der Waals surface area contributed by atoms with Crippen molar-refractivity contribution in [1.29, 1.82) is 0 Å². The molecule has 0 aliphatic rings. The predicted molar refractivity (Wildman–Crippen MR) is 75.8 cm³/mol. The number of nitrogens with two attached hydrogens (primary N) is 1. The second-order valence-electron chi connectivity index (χ2n) is 3.73. The van der Waals surface area contributed by atoms with Crippen LogP contribution in [0.5, 0.6) is 0 Å². The molecule has 0 spiro atoms. The Morgan fingerprint density at radius 3 is 2.11 bits per heavy atom. The molecule has 0 saturated heterocycles. The SMILES string of the molecule is Nc1ccc(C(=O)c2cc(Cl)cc(Cl)c2)c(Cl)c1. The first kappa shape index (κ1) is 13.2. The Morgan fingerprint density at radius 2 is 1.56 bits per heavy atom. The van der Waals surface area contributed by atoms with Crippen LogP contribution >= 0.6 is 34.8 Å². The minimum atomic E-state index is -0.246. The standard InChI is InChI=1S/C13H8Cl3NO/c14-8-3-7(4-9(15)5-8)13(18)11-2-1-10(17)6-12(11)16/h1-6H,17H2. The Hall–Kier alpha value is -1.22. The third-order valence-electron chi connectivity index (χ3n) is 2.36. The molecule has 2 aromatic carbocycles. The van der Waals surface area contributed by atoms with Gasteiger partial charge in [0.2, 0.25) is 0 Å². The summed E-state index contributed by atoms with van der Waals surface area (Å²) in [6, 6.07) is 9.37. The van der Waals surface area contributed by atoms with E-state index in [2.05, 4.69) is 0 Å². The largest absolute Gasteiger partial charge is 0.399 e. The van der Waals surface area contributed by atoms with Crippen LogP contribution in [-0.4, -0.2) is 5.78 Å². The maximum Gasteiger partial charge on any atom is 0.194 e. The number of hydrogen-bond acceptors (Lipinski definition) is 2. The Balaban J connectivity index is 2.47. The van der Waals surface area contributed by atoms with E-state index in [9.17, 15) is 4.79 Å². The molecule has 0 radical (unpaired) electrons. The van der Waals surface area contributed by atoms with E-state index in [4.69, 9.17) is 40.5 Å². The van der Waals surface area contributed by atoms with Crippen LogP contribution < -0.4 is 5.73 Å². The Kier molecular flexibility index (Phi) is 3.81. The summed E-state index contributed by atoms with van der Waals surface area (Å²) in [6.45, 7) is 0. The lowest BCUT2D eigenvalue weighted by Gasteiger charge is -2.05. The number of ketones is 1. The van der Waals surface area contributed by atoms with Gasteiger partial charge in [-0.3, -0.25) is 4.79 Å². The lowest BCUT2D eigenvalue weighted by molar-refractivity contribution is 0.103. The van der Waals surface area contributed by atoms with Crippen molar-refractivity contribution < 1.29 is 4.79 Å². The first-order valence-electron chi connectivity index (χ1n) is 5.03. The molecule has 0 unspecified atom stereocenters. The summed E-state index contributed by atoms with van der Waals surface area (Å²) in [7, 11) is 0. The summed E-state index contributed by atoms with van der Waals surface area (Å²) in [5.41, 5.74) is 6.83. The molecule has 0 amide bonds. The van der Waals surface area contributed by atoms with Gasteiger partial charge in [-0.25, -0.2) is 0 Å². The van der Waals surface area contributed by atoms with Gasteiger partial charge in [-0.05, 0) is 36.4 Å². The molecule has 2 N–H and O–H groups in total. The molecule has 0 saturated carbocycles. The first-order chi connectivity index (χ1) is 8.47. The molecular weight excluding hydrogens is 293 g/mol. The van der Waals surface area contributed by atoms with Crippen molar-refractivity contribution in [2.75, 3.05) is 5.73 Å². The number of hydrogen-bond donors (Lipinski definition) is 1. The Labute approximate surface area is 119 Å². The van der Waals surface area contributed by atoms with E-state index in [1.165, 1.54) is 6.07 Å². The van der Waals surface area contributed by atoms with E-state index in [1.54, 1.807) is 30.3 Å². The van der Waals surface area contributed by atoms with Gasteiger partial charge < -0.3 is 5.73 Å². The summed E-state index contributed by atoms with van der Waals surface area (Å²) < 4.78 is 0. The van der Waals surface area contributed by atoms with Crippen LogP contribution in [0.25, 0.3) is 0 Å². The number of benzene rings is 2. The number of rotatable bonds is 2. The number of nitrogen functional groups attached to an aromatic ring is 1. The highest BCUT2D eigenvalue weighted by atomic mass is 35.5. The number of halogens is 3. The van der Waals surface area contributed by atoms with Crippen LogP contribution in [-0.2, 0) is 0 Å². The van der Waals surface area contributed by atoms with Crippen molar-refractivity contribution in [3.63, 3.8) is 0 Å². The smallest absolute Gasteiger partial charge is 0.194 e. The molecule has 0 heterocycles. The van der Waals surface area contributed by atoms with Crippen LogP contribution in [0.2, 0.25) is 15.1 Å². The third kappa shape index (κ3) is 2.78. The maximum atomic E-state index is 12.2. The fourth-order valence-corrected chi connectivity index (χ4v) is 2.36. The fraction of sp³-hybridized carbons (Fsp3) is 0. The summed E-state index contributed by atoms with van der Waals surface area (Å²) in [5, 5.41) is 1.10. The van der Waals surface area contributed by atoms with E-state index < -0.39 is 0 Å². The second-order valence-corrected chi connectivity index (χ2v) is 5.01. The van der Waals surface area contributed by atoms with Gasteiger partial charge in [0, 0.05) is 26.9 Å². The lowest BCUT2D eigenvalue weighted by Crippen LogP contribution is -2.02. The van der Waals surface area contributed by atoms with Crippen molar-refractivity contribution >= 4 is 46.3 Å². The molecule has 18 heavy (non-hydrogen) atoms. The molecule has 5 heteroatoms. The van der Waals surface area contributed by atoms with Gasteiger partial charge in [-0.1, -0.05) is 34.8 Å². The van der Waals surface area contributed by atoms with Crippen LogP contribution in [0.15, 0.2) is 36.4 Å². The Bertz CT molecular complexity index is 605. The van der Waals surface area contributed by atoms with E-state index in [0.29, 0.717) is 31.9 Å². The average molecular weight is 301 g/mol. The minimum Gasteiger partial charge on any atom is -0.399 e. The fourth-order valence-electron chi connectivity index (χ4n) is 1.56. The van der Waals surface area contributed by atoms with E-state index in [-0.39, 0.29) is 5.78 Å². The van der Waals surface area contributed by atoms with E-state index >= 15 is 0 Å². The van der Waals surface area contributed by atoms with E-state index in [0.717, 1.165) is 0 Å². The van der Waals surface area contributed by atoms with Crippen LogP contribution in [0.1, 0.15) is 15.9 Å². The number of anilines is 1. The first-order valence-corrected chi connectivity index (χ1v) is 6.16. The third-order valence-corrected chi connectivity index (χ3v) is 3.11. The molecule has 2 nitrogen and oxygen atoms in total. The van der Waals surface area contributed by atoms with Gasteiger partial charge in [0.05, 0.1) is 5.02 Å². The lowest BCUT2D eigenvalue weighted by atomic mass is 10.0. The highest BCUT2D eigenvalue weighted by Crippen LogP contribution is 2.25. The monoisotopic (exact) mass is 299 g/mol. The molecule has 0 aliphatic carbocycles. The molecule has 0 atom stereocenters. The van der Waals surface area contributed by atoms with Gasteiger partial charge in [0.15, 0.2) is 5.78 Å². The summed E-state index contributed by atoms with van der Waals surface area (Å²) in [4.78, 5) is 12.2. The molecule has 2 aromatic rings. The van der Waals surface area contributed by atoms with Crippen LogP contribution in [0, 0.1) is 0 Å². The van der Waals surface area contributed by atoms with Crippen molar-refractivity contribution in [3.05, 3.63) is 62.6 Å². The van der Waals surface area contributed by atoms with E-state index in [1.807, 2.05) is 0 Å². The van der Waals surface area contributed by atoms with Gasteiger partial charge in [0.1, 0.15) is 0 Å². The molecule has 0 aromatic heterocycles. The molecule has 92 valence electrons. The molecule has 0 fully saturated rings. The maximum absolute atomic E-state index is 12.2. The summed E-state index contributed by atoms with van der Waals surface area (Å²) >= 11 is 17.7. The van der Waals surface area contributed by atoms with Gasteiger partial charge >= 0.3 is 0 Å². The normalized spacial score (nSPS) is 10.4. The second kappa shape index (κ2) is 5.19. The van der Waals surface area contributed by atoms with Crippen molar-refractivity contribution in [3.8, 4) is 0 Å². The van der Waals surface area contributed by atoms with Crippen molar-refractivity contribution in [1.82, 2.24) is 0 Å². The summed E-state index contributed by atoms with van der Waals surface area (Å²) in [6.07, 6.45) is 0. The van der Waals surface area contributed by atoms with Gasteiger partial charge in [-0.15, -0.1) is 0 Å². The quantitative estimate of drug-likeness (QED) is 0.657. The van der Waals surface area contributed by atoms with Gasteiger partial charge in [0.25, 0.3) is 0 Å². The zero-order chi connectivity index (χ0) is 13.3. The van der Waals surface area contributed by atoms with Crippen LogP contribution in [0.3, 0.4) is 0 Å². The highest BCUT2D eigenvalue weighted by Gasteiger charge is 2.14. The highest BCUT2D eigenvalue weighted by molar-refractivity contribution is 6.37. The molecule has 0 aliphatic heterocycles. The van der Waals surface area contributed by atoms with Gasteiger partial charge in [-0.2, -0.15) is 0 Å². The number of carbonyl (C=O) groups is 1. The molecular formula is C13H8Cl3NO. The van der Waals surface area contributed by atoms with Crippen LogP contribution in [0.4, 0.5) is 5.69 Å². The zero-order valence-corrected chi connectivity index (χ0v) is 11.4. The predicted octanol–water partition coefficient (Wildman–Crippen LogP) is 4.46. The summed E-state index contributed by atoms with van der Waals surface area (Å²) in [5.74, 6) is -0.246. The zero-order valence-electron chi connectivity index (χ0n) is 9.08. The minimum absolute atomic E-state index is 0.246. The van der Waals surface area contributed by atoms with Crippen molar-refractivity contribution in [2.45, 2.75) is 0 Å². The topological polar surface area (TPSA) is 43.1 Å². The van der Waals surface area contributed by atoms with Crippen molar-refractivity contribution in [2.24, 2.45) is 0 Å². The Morgan fingerprint density at radius 1 is 0.944 bits per heavy atom. The molecule has 0 bridgehead atoms. The molecule has 2 rings (SSSR count). The average Bonchev–Trinajstić information content (AvgIpc) is 2.26. The number of carbonyl (C=O) groups excluding carboxylic acids is 1.